The van der Waals surface area contributed by atoms with Crippen LogP contribution in [0, 0.1) is 0 Å². The summed E-state index contributed by atoms with van der Waals surface area (Å²) in [6.07, 6.45) is 0. The molecule has 0 aliphatic rings. The lowest BCUT2D eigenvalue weighted by molar-refractivity contribution is 0.533. The van der Waals surface area contributed by atoms with Gasteiger partial charge in [0.1, 0.15) is 0 Å². The van der Waals surface area contributed by atoms with Crippen LogP contribution in [0.1, 0.15) is 5.56 Å². The van der Waals surface area contributed by atoms with Gasteiger partial charge in [-0.25, -0.2) is 13.2 Å². The molecular weight excluding hydrogens is 177 g/mol. The molecule has 1 aromatic carbocycles. The Kier molecular flexibility index (Phi) is 2.90. The number of rotatable bonds is 2. The van der Waals surface area contributed by atoms with Crippen LogP contribution in [0.25, 0.3) is 5.83 Å². The molecule has 0 fully saturated rings. The Bertz CT molecular complexity index is 338. The van der Waals surface area contributed by atoms with Gasteiger partial charge >= 0.3 is 0 Å². The Morgan fingerprint density at radius 2 is 1.54 bits per heavy atom. The molecule has 0 spiro atoms. The quantitative estimate of drug-likeness (QED) is 0.613. The first-order chi connectivity index (χ1) is 6.13. The van der Waals surface area contributed by atoms with Crippen molar-refractivity contribution in [1.29, 1.82) is 0 Å². The third-order valence-electron chi connectivity index (χ3n) is 1.46. The summed E-state index contributed by atoms with van der Waals surface area (Å²) in [6.45, 7) is 2.66. The maximum atomic E-state index is 13.0. The van der Waals surface area contributed by atoms with Crippen LogP contribution in [0.4, 0.5) is 13.2 Å². The summed E-state index contributed by atoms with van der Waals surface area (Å²) in [4.78, 5) is 0. The Morgan fingerprint density at radius 1 is 1.00 bits per heavy atom. The fourth-order valence-corrected chi connectivity index (χ4v) is 0.830. The van der Waals surface area contributed by atoms with Crippen molar-refractivity contribution in [1.82, 2.24) is 0 Å². The number of allylic oxidation sites excluding steroid dienone is 2. The third kappa shape index (κ3) is 2.21. The van der Waals surface area contributed by atoms with Crippen molar-refractivity contribution in [3.8, 4) is 0 Å². The Labute approximate surface area is 74.0 Å². The lowest BCUT2D eigenvalue weighted by atomic mass is 10.2. The highest BCUT2D eigenvalue weighted by atomic mass is 19.2. The standard InChI is InChI=1S/C10H7F3/c1-7(11)9(12)10(13)8-5-3-2-4-6-8/h2-6H,1H2. The van der Waals surface area contributed by atoms with E-state index in [9.17, 15) is 13.2 Å². The number of hydrogen-bond donors (Lipinski definition) is 0. The molecule has 0 saturated heterocycles. The average Bonchev–Trinajstić information content (AvgIpc) is 2.17. The van der Waals surface area contributed by atoms with Gasteiger partial charge in [0, 0.05) is 5.56 Å². The normalized spacial score (nSPS) is 12.2. The lowest BCUT2D eigenvalue weighted by Crippen LogP contribution is -1.82. The van der Waals surface area contributed by atoms with Crippen LogP contribution >= 0.6 is 0 Å². The molecule has 0 unspecified atom stereocenters. The first kappa shape index (κ1) is 9.58. The SMILES string of the molecule is C=C(F)C(F)=C(F)c1ccccc1. The maximum absolute atomic E-state index is 13.0. The maximum Gasteiger partial charge on any atom is 0.194 e. The molecule has 0 atom stereocenters. The van der Waals surface area contributed by atoms with Gasteiger partial charge in [0.2, 0.25) is 0 Å². The predicted molar refractivity (Wildman–Crippen MR) is 45.8 cm³/mol. The van der Waals surface area contributed by atoms with Gasteiger partial charge in [-0.05, 0) is 0 Å². The minimum absolute atomic E-state index is 0.00111. The van der Waals surface area contributed by atoms with E-state index in [-0.39, 0.29) is 5.56 Å². The van der Waals surface area contributed by atoms with E-state index in [2.05, 4.69) is 6.58 Å². The Balaban J connectivity index is 3.11. The molecular formula is C10H7F3. The van der Waals surface area contributed by atoms with E-state index in [1.54, 1.807) is 6.07 Å². The molecule has 1 aromatic rings. The molecule has 0 amide bonds. The molecule has 0 aliphatic heterocycles. The molecule has 13 heavy (non-hydrogen) atoms. The molecule has 0 bridgehead atoms. The van der Waals surface area contributed by atoms with Gasteiger partial charge < -0.3 is 0 Å². The van der Waals surface area contributed by atoms with Crippen LogP contribution in [-0.4, -0.2) is 0 Å². The van der Waals surface area contributed by atoms with E-state index in [4.69, 9.17) is 0 Å². The zero-order chi connectivity index (χ0) is 9.84. The summed E-state index contributed by atoms with van der Waals surface area (Å²) in [5.74, 6) is -4.18. The first-order valence-corrected chi connectivity index (χ1v) is 3.58. The number of hydrogen-bond acceptors (Lipinski definition) is 0. The van der Waals surface area contributed by atoms with Gasteiger partial charge in [0.15, 0.2) is 17.5 Å². The Morgan fingerprint density at radius 3 is 2.00 bits per heavy atom. The fraction of sp³-hybridized carbons (Fsp3) is 0. The Hall–Kier alpha value is -1.51. The molecule has 0 nitrogen and oxygen atoms in total. The van der Waals surface area contributed by atoms with Gasteiger partial charge in [0.05, 0.1) is 0 Å². The lowest BCUT2D eigenvalue weighted by Gasteiger charge is -1.97. The monoisotopic (exact) mass is 184 g/mol. The minimum atomic E-state index is -1.55. The van der Waals surface area contributed by atoms with Gasteiger partial charge in [-0.15, -0.1) is 0 Å². The zero-order valence-corrected chi connectivity index (χ0v) is 6.73. The summed E-state index contributed by atoms with van der Waals surface area (Å²) in [7, 11) is 0. The van der Waals surface area contributed by atoms with Crippen LogP contribution in [0.5, 0.6) is 0 Å². The van der Waals surface area contributed by atoms with Crippen LogP contribution in [0.15, 0.2) is 48.6 Å². The van der Waals surface area contributed by atoms with Crippen molar-refractivity contribution in [2.45, 2.75) is 0 Å². The van der Waals surface area contributed by atoms with Crippen molar-refractivity contribution >= 4 is 5.83 Å². The van der Waals surface area contributed by atoms with Crippen molar-refractivity contribution < 1.29 is 13.2 Å². The van der Waals surface area contributed by atoms with Crippen LogP contribution < -0.4 is 0 Å². The first-order valence-electron chi connectivity index (χ1n) is 3.58. The highest BCUT2D eigenvalue weighted by molar-refractivity contribution is 5.63. The van der Waals surface area contributed by atoms with Crippen molar-refractivity contribution in [3.05, 3.63) is 54.1 Å². The van der Waals surface area contributed by atoms with E-state index in [0.29, 0.717) is 0 Å². The number of benzene rings is 1. The van der Waals surface area contributed by atoms with Gasteiger partial charge in [0.25, 0.3) is 0 Å². The van der Waals surface area contributed by atoms with Gasteiger partial charge in [-0.2, -0.15) is 0 Å². The molecule has 0 radical (unpaired) electrons. The minimum Gasteiger partial charge on any atom is -0.204 e. The summed E-state index contributed by atoms with van der Waals surface area (Å²) < 4.78 is 37.8. The second kappa shape index (κ2) is 3.94. The van der Waals surface area contributed by atoms with E-state index < -0.39 is 17.5 Å². The molecule has 0 heterocycles. The summed E-state index contributed by atoms with van der Waals surface area (Å²) >= 11 is 0. The molecule has 0 saturated carbocycles. The third-order valence-corrected chi connectivity index (χ3v) is 1.46. The van der Waals surface area contributed by atoms with Crippen molar-refractivity contribution in [2.24, 2.45) is 0 Å². The highest BCUT2D eigenvalue weighted by Gasteiger charge is 2.10. The second-order valence-electron chi connectivity index (χ2n) is 2.40. The predicted octanol–water partition coefficient (Wildman–Crippen LogP) is 3.78. The summed E-state index contributed by atoms with van der Waals surface area (Å²) in [5.41, 5.74) is -0.00111. The van der Waals surface area contributed by atoms with Crippen LogP contribution in [0.3, 0.4) is 0 Å². The van der Waals surface area contributed by atoms with Crippen LogP contribution in [-0.2, 0) is 0 Å². The zero-order valence-electron chi connectivity index (χ0n) is 6.73. The van der Waals surface area contributed by atoms with Gasteiger partial charge in [-0.1, -0.05) is 36.9 Å². The average molecular weight is 184 g/mol. The second-order valence-corrected chi connectivity index (χ2v) is 2.40. The molecule has 68 valence electrons. The molecule has 3 heteroatoms. The topological polar surface area (TPSA) is 0 Å². The number of halogens is 3. The molecule has 1 rings (SSSR count). The van der Waals surface area contributed by atoms with E-state index >= 15 is 0 Å². The van der Waals surface area contributed by atoms with Crippen molar-refractivity contribution in [2.75, 3.05) is 0 Å². The van der Waals surface area contributed by atoms with E-state index in [1.807, 2.05) is 0 Å². The van der Waals surface area contributed by atoms with Crippen LogP contribution in [0.2, 0.25) is 0 Å². The highest BCUT2D eigenvalue weighted by Crippen LogP contribution is 2.25. The summed E-state index contributed by atoms with van der Waals surface area (Å²) in [5, 5.41) is 0. The molecule has 0 aliphatic carbocycles. The molecule has 0 N–H and O–H groups in total. The van der Waals surface area contributed by atoms with E-state index in [1.165, 1.54) is 24.3 Å². The smallest absolute Gasteiger partial charge is 0.194 e. The molecule has 0 aromatic heterocycles. The van der Waals surface area contributed by atoms with Gasteiger partial charge in [-0.3, -0.25) is 0 Å². The van der Waals surface area contributed by atoms with E-state index in [0.717, 1.165) is 0 Å². The van der Waals surface area contributed by atoms with Crippen molar-refractivity contribution in [3.63, 3.8) is 0 Å². The summed E-state index contributed by atoms with van der Waals surface area (Å²) in [6, 6.07) is 7.40. The largest absolute Gasteiger partial charge is 0.204 e. The fourth-order valence-electron chi connectivity index (χ4n) is 0.830.